The normalized spacial score (nSPS) is 11.3. The maximum Gasteiger partial charge on any atom is 0.353 e. The first-order valence-corrected chi connectivity index (χ1v) is 4.45. The third-order valence-corrected chi connectivity index (χ3v) is 1.71. The Hall–Kier alpha value is -2.04. The third-order valence-electron chi connectivity index (χ3n) is 1.71. The zero-order valence-electron chi connectivity index (χ0n) is 8.27. The SMILES string of the molecule is C[C@H](NC=O)C(=O)ONc1ccccc1. The lowest BCUT2D eigenvalue weighted by molar-refractivity contribution is -0.143. The second-order valence-corrected chi connectivity index (χ2v) is 2.90. The molecule has 0 aliphatic carbocycles. The molecule has 0 aliphatic rings. The number of hydrogen-bond donors (Lipinski definition) is 2. The number of anilines is 1. The van der Waals surface area contributed by atoms with Crippen LogP contribution in [0.3, 0.4) is 0 Å². The summed E-state index contributed by atoms with van der Waals surface area (Å²) in [5.74, 6) is -0.550. The molecule has 1 rings (SSSR count). The number of para-hydroxylation sites is 1. The first kappa shape index (κ1) is 11.0. The summed E-state index contributed by atoms with van der Waals surface area (Å²) >= 11 is 0. The van der Waals surface area contributed by atoms with Crippen molar-refractivity contribution in [1.29, 1.82) is 0 Å². The highest BCUT2D eigenvalue weighted by molar-refractivity contribution is 5.78. The first-order chi connectivity index (χ1) is 7.24. The van der Waals surface area contributed by atoms with Crippen molar-refractivity contribution in [3.05, 3.63) is 30.3 Å². The van der Waals surface area contributed by atoms with Gasteiger partial charge in [-0.05, 0) is 19.1 Å². The minimum absolute atomic E-state index is 0.453. The van der Waals surface area contributed by atoms with E-state index in [4.69, 9.17) is 4.84 Å². The van der Waals surface area contributed by atoms with Gasteiger partial charge in [0.25, 0.3) is 0 Å². The lowest BCUT2D eigenvalue weighted by Gasteiger charge is -2.10. The van der Waals surface area contributed by atoms with Crippen LogP contribution in [0.25, 0.3) is 0 Å². The van der Waals surface area contributed by atoms with Crippen LogP contribution in [-0.4, -0.2) is 18.4 Å². The van der Waals surface area contributed by atoms with E-state index in [1.54, 1.807) is 12.1 Å². The van der Waals surface area contributed by atoms with Gasteiger partial charge in [-0.25, -0.2) is 10.3 Å². The van der Waals surface area contributed by atoms with Gasteiger partial charge in [-0.1, -0.05) is 18.2 Å². The Morgan fingerprint density at radius 1 is 1.40 bits per heavy atom. The molecule has 0 heterocycles. The van der Waals surface area contributed by atoms with Crippen LogP contribution < -0.4 is 10.8 Å². The van der Waals surface area contributed by atoms with Gasteiger partial charge in [0.2, 0.25) is 6.41 Å². The van der Waals surface area contributed by atoms with Crippen molar-refractivity contribution < 1.29 is 14.4 Å². The summed E-state index contributed by atoms with van der Waals surface area (Å²) in [6.07, 6.45) is 0.453. The van der Waals surface area contributed by atoms with Crippen molar-refractivity contribution in [2.45, 2.75) is 13.0 Å². The monoisotopic (exact) mass is 208 g/mol. The van der Waals surface area contributed by atoms with Crippen molar-refractivity contribution in [2.24, 2.45) is 0 Å². The minimum Gasteiger partial charge on any atom is -0.346 e. The molecule has 1 amide bonds. The molecule has 1 aromatic rings. The van der Waals surface area contributed by atoms with Crippen molar-refractivity contribution in [2.75, 3.05) is 5.48 Å². The maximum atomic E-state index is 11.2. The van der Waals surface area contributed by atoms with Gasteiger partial charge in [0, 0.05) is 0 Å². The highest BCUT2D eigenvalue weighted by Crippen LogP contribution is 2.04. The highest BCUT2D eigenvalue weighted by atomic mass is 16.7. The molecule has 0 unspecified atom stereocenters. The summed E-state index contributed by atoms with van der Waals surface area (Å²) in [6.45, 7) is 1.53. The molecule has 80 valence electrons. The molecule has 0 spiro atoms. The van der Waals surface area contributed by atoms with Crippen LogP contribution in [0.5, 0.6) is 0 Å². The first-order valence-electron chi connectivity index (χ1n) is 4.45. The van der Waals surface area contributed by atoms with Gasteiger partial charge in [-0.15, -0.1) is 0 Å². The van der Waals surface area contributed by atoms with E-state index in [1.165, 1.54) is 6.92 Å². The standard InChI is InChI=1S/C10H12N2O3/c1-8(11-7-13)10(14)15-12-9-5-3-2-4-6-9/h2-8,12H,1H3,(H,11,13)/t8-/m0/s1. The molecular weight excluding hydrogens is 196 g/mol. The lowest BCUT2D eigenvalue weighted by Crippen LogP contribution is -2.35. The van der Waals surface area contributed by atoms with E-state index in [0.717, 1.165) is 0 Å². The molecule has 0 radical (unpaired) electrons. The Balaban J connectivity index is 2.37. The molecule has 0 saturated carbocycles. The largest absolute Gasteiger partial charge is 0.353 e. The summed E-state index contributed by atoms with van der Waals surface area (Å²) in [4.78, 5) is 26.0. The molecule has 2 N–H and O–H groups in total. The van der Waals surface area contributed by atoms with Crippen LogP contribution in [0.4, 0.5) is 5.69 Å². The van der Waals surface area contributed by atoms with Crippen molar-refractivity contribution in [1.82, 2.24) is 5.32 Å². The molecule has 0 bridgehead atoms. The molecule has 0 aromatic heterocycles. The van der Waals surface area contributed by atoms with E-state index < -0.39 is 12.0 Å². The molecule has 1 aromatic carbocycles. The van der Waals surface area contributed by atoms with E-state index >= 15 is 0 Å². The van der Waals surface area contributed by atoms with Gasteiger partial charge in [-0.2, -0.15) is 0 Å². The van der Waals surface area contributed by atoms with Crippen LogP contribution in [0.2, 0.25) is 0 Å². The van der Waals surface area contributed by atoms with E-state index in [-0.39, 0.29) is 0 Å². The molecule has 5 heteroatoms. The summed E-state index contributed by atoms with van der Waals surface area (Å²) < 4.78 is 0. The van der Waals surface area contributed by atoms with E-state index in [0.29, 0.717) is 12.1 Å². The number of rotatable bonds is 5. The molecule has 0 aliphatic heterocycles. The molecular formula is C10H12N2O3. The predicted octanol–water partition coefficient (Wildman–Crippen LogP) is 0.691. The van der Waals surface area contributed by atoms with E-state index in [9.17, 15) is 9.59 Å². The van der Waals surface area contributed by atoms with Crippen molar-refractivity contribution >= 4 is 18.1 Å². The van der Waals surface area contributed by atoms with Gasteiger partial charge in [0.1, 0.15) is 6.04 Å². The Kier molecular flexibility index (Phi) is 4.15. The van der Waals surface area contributed by atoms with Crippen LogP contribution in [0.15, 0.2) is 30.3 Å². The molecule has 0 saturated heterocycles. The molecule has 1 atom stereocenters. The number of carbonyl (C=O) groups is 2. The Morgan fingerprint density at radius 2 is 2.07 bits per heavy atom. The average molecular weight is 208 g/mol. The van der Waals surface area contributed by atoms with E-state index in [1.807, 2.05) is 18.2 Å². The Labute approximate surface area is 87.4 Å². The van der Waals surface area contributed by atoms with Crippen LogP contribution in [-0.2, 0) is 14.4 Å². The topological polar surface area (TPSA) is 67.4 Å². The molecule has 15 heavy (non-hydrogen) atoms. The summed E-state index contributed by atoms with van der Waals surface area (Å²) in [5, 5.41) is 2.29. The van der Waals surface area contributed by atoms with Gasteiger partial charge in [0.05, 0.1) is 5.69 Å². The summed E-state index contributed by atoms with van der Waals surface area (Å²) in [7, 11) is 0. The second-order valence-electron chi connectivity index (χ2n) is 2.90. The lowest BCUT2D eigenvalue weighted by atomic mass is 10.3. The van der Waals surface area contributed by atoms with Crippen LogP contribution >= 0.6 is 0 Å². The fraction of sp³-hybridized carbons (Fsp3) is 0.200. The highest BCUT2D eigenvalue weighted by Gasteiger charge is 2.12. The van der Waals surface area contributed by atoms with Crippen molar-refractivity contribution in [3.63, 3.8) is 0 Å². The quantitative estimate of drug-likeness (QED) is 0.552. The molecule has 5 nitrogen and oxygen atoms in total. The van der Waals surface area contributed by atoms with Gasteiger partial charge < -0.3 is 10.2 Å². The number of benzene rings is 1. The zero-order chi connectivity index (χ0) is 11.1. The van der Waals surface area contributed by atoms with Crippen molar-refractivity contribution in [3.8, 4) is 0 Å². The van der Waals surface area contributed by atoms with Crippen LogP contribution in [0, 0.1) is 0 Å². The van der Waals surface area contributed by atoms with Gasteiger partial charge in [-0.3, -0.25) is 4.79 Å². The summed E-state index contributed by atoms with van der Waals surface area (Å²) in [5.41, 5.74) is 3.15. The number of hydrogen-bond acceptors (Lipinski definition) is 4. The summed E-state index contributed by atoms with van der Waals surface area (Å²) in [6, 6.07) is 8.31. The Bertz CT molecular complexity index is 327. The third kappa shape index (κ3) is 3.68. The zero-order valence-corrected chi connectivity index (χ0v) is 8.27. The minimum atomic E-state index is -0.668. The fourth-order valence-corrected chi connectivity index (χ4v) is 0.874. The smallest absolute Gasteiger partial charge is 0.346 e. The van der Waals surface area contributed by atoms with Crippen LogP contribution in [0.1, 0.15) is 6.92 Å². The predicted molar refractivity (Wildman–Crippen MR) is 54.8 cm³/mol. The van der Waals surface area contributed by atoms with Gasteiger partial charge in [0.15, 0.2) is 0 Å². The second kappa shape index (κ2) is 5.64. The number of carbonyl (C=O) groups excluding carboxylic acids is 2. The number of amides is 1. The Morgan fingerprint density at radius 3 is 2.67 bits per heavy atom. The maximum absolute atomic E-state index is 11.2. The number of nitrogens with one attached hydrogen (secondary N) is 2. The fourth-order valence-electron chi connectivity index (χ4n) is 0.874. The average Bonchev–Trinajstić information content (AvgIpc) is 2.27. The van der Waals surface area contributed by atoms with E-state index in [2.05, 4.69) is 10.8 Å². The molecule has 0 fully saturated rings. The van der Waals surface area contributed by atoms with Gasteiger partial charge >= 0.3 is 5.97 Å².